The Bertz CT molecular complexity index is 792. The third-order valence-corrected chi connectivity index (χ3v) is 4.04. The predicted octanol–water partition coefficient (Wildman–Crippen LogP) is 1.87. The molecule has 5 N–H and O–H groups in total. The maximum Gasteiger partial charge on any atom is 0.423 e. The lowest BCUT2D eigenvalue weighted by Crippen LogP contribution is -2.46. The van der Waals surface area contributed by atoms with Crippen LogP contribution in [0, 0.1) is 0 Å². The molecule has 0 bridgehead atoms. The summed E-state index contributed by atoms with van der Waals surface area (Å²) in [6.07, 6.45) is 0.158. The van der Waals surface area contributed by atoms with Crippen LogP contribution in [-0.4, -0.2) is 28.1 Å². The highest BCUT2D eigenvalue weighted by molar-refractivity contribution is 7.13. The second-order valence-electron chi connectivity index (χ2n) is 5.38. The molecule has 0 atom stereocenters. The van der Waals surface area contributed by atoms with Crippen molar-refractivity contribution >= 4 is 34.5 Å². The Morgan fingerprint density at radius 2 is 1.92 bits per heavy atom. The molecular formula is C16H19N5O4S. The lowest BCUT2D eigenvalue weighted by molar-refractivity contribution is -0.114. The summed E-state index contributed by atoms with van der Waals surface area (Å²) < 4.78 is 0. The Morgan fingerprint density at radius 1 is 1.15 bits per heavy atom. The van der Waals surface area contributed by atoms with Crippen molar-refractivity contribution in [1.82, 2.24) is 21.2 Å². The van der Waals surface area contributed by atoms with Crippen LogP contribution < -0.4 is 21.5 Å². The monoisotopic (exact) mass is 377 g/mol. The first-order valence-electron chi connectivity index (χ1n) is 7.75. The van der Waals surface area contributed by atoms with Crippen LogP contribution in [0.1, 0.15) is 23.7 Å². The van der Waals surface area contributed by atoms with Crippen molar-refractivity contribution in [3.63, 3.8) is 0 Å². The van der Waals surface area contributed by atoms with E-state index in [0.29, 0.717) is 5.13 Å². The Hall–Kier alpha value is -3.14. The molecule has 0 fully saturated rings. The molecule has 0 aliphatic carbocycles. The minimum absolute atomic E-state index is 0.145. The van der Waals surface area contributed by atoms with Crippen molar-refractivity contribution in [2.45, 2.75) is 26.3 Å². The molecule has 2 aromatic rings. The normalized spacial score (nSPS) is 10.0. The number of benzene rings is 1. The summed E-state index contributed by atoms with van der Waals surface area (Å²) in [5, 5.41) is 16.1. The number of carbonyl (C=O) groups excluding carboxylic acids is 2. The number of hydrogen-bond donors (Lipinski definition) is 5. The number of aryl methyl sites for hydroxylation is 2. The summed E-state index contributed by atoms with van der Waals surface area (Å²) in [5.74, 6) is -0.145. The van der Waals surface area contributed by atoms with Gasteiger partial charge in [0, 0.05) is 18.8 Å². The van der Waals surface area contributed by atoms with Gasteiger partial charge in [0.25, 0.3) is 0 Å². The summed E-state index contributed by atoms with van der Waals surface area (Å²) in [4.78, 5) is 37.1. The first kappa shape index (κ1) is 19.2. The van der Waals surface area contributed by atoms with Gasteiger partial charge in [-0.1, -0.05) is 24.3 Å². The average Bonchev–Trinajstić information content (AvgIpc) is 3.03. The van der Waals surface area contributed by atoms with Gasteiger partial charge in [-0.05, 0) is 24.0 Å². The molecule has 10 heteroatoms. The van der Waals surface area contributed by atoms with Crippen molar-refractivity contribution in [2.75, 3.05) is 5.32 Å². The first-order valence-corrected chi connectivity index (χ1v) is 8.63. The topological polar surface area (TPSA) is 132 Å². The van der Waals surface area contributed by atoms with E-state index in [1.807, 2.05) is 35.1 Å². The van der Waals surface area contributed by atoms with E-state index in [9.17, 15) is 14.4 Å². The smallest absolute Gasteiger partial charge is 0.423 e. The molecule has 2 rings (SSSR count). The van der Waals surface area contributed by atoms with Gasteiger partial charge in [0.1, 0.15) is 0 Å². The van der Waals surface area contributed by atoms with Crippen molar-refractivity contribution in [3.05, 3.63) is 46.5 Å². The minimum Gasteiger partial charge on any atom is -0.464 e. The van der Waals surface area contributed by atoms with Gasteiger partial charge in [-0.2, -0.15) is 0 Å². The number of nitrogens with zero attached hydrogens (tertiary/aromatic N) is 1. The van der Waals surface area contributed by atoms with E-state index in [-0.39, 0.29) is 12.5 Å². The number of rotatable bonds is 6. The van der Waals surface area contributed by atoms with Crippen molar-refractivity contribution in [1.29, 1.82) is 0 Å². The number of aromatic nitrogens is 1. The fourth-order valence-corrected chi connectivity index (χ4v) is 2.92. The second-order valence-corrected chi connectivity index (χ2v) is 6.24. The van der Waals surface area contributed by atoms with Crippen LogP contribution in [0.5, 0.6) is 0 Å². The Kier molecular flexibility index (Phi) is 6.92. The molecule has 0 spiro atoms. The van der Waals surface area contributed by atoms with E-state index in [1.165, 1.54) is 18.3 Å². The van der Waals surface area contributed by atoms with Gasteiger partial charge < -0.3 is 15.7 Å². The van der Waals surface area contributed by atoms with Crippen LogP contribution in [0.3, 0.4) is 0 Å². The number of carbonyl (C=O) groups is 3. The minimum atomic E-state index is -1.34. The zero-order valence-electron chi connectivity index (χ0n) is 14.0. The van der Waals surface area contributed by atoms with Crippen LogP contribution in [0.25, 0.3) is 0 Å². The van der Waals surface area contributed by atoms with Crippen molar-refractivity contribution < 1.29 is 19.5 Å². The molecule has 0 unspecified atom stereocenters. The van der Waals surface area contributed by atoms with Crippen LogP contribution in [0.2, 0.25) is 0 Å². The fourth-order valence-electron chi connectivity index (χ4n) is 2.13. The van der Waals surface area contributed by atoms with Crippen molar-refractivity contribution in [3.8, 4) is 0 Å². The third kappa shape index (κ3) is 6.77. The van der Waals surface area contributed by atoms with Gasteiger partial charge in [0.15, 0.2) is 5.13 Å². The molecule has 0 aliphatic heterocycles. The number of carboxylic acid groups (broad SMARTS) is 1. The quantitative estimate of drug-likeness (QED) is 0.490. The molecule has 4 amide bonds. The number of urea groups is 1. The lowest BCUT2D eigenvalue weighted by Gasteiger charge is -2.08. The molecule has 0 saturated heterocycles. The zero-order chi connectivity index (χ0) is 18.9. The molecule has 0 saturated carbocycles. The summed E-state index contributed by atoms with van der Waals surface area (Å²) in [6, 6.07) is 7.07. The number of amides is 4. The summed E-state index contributed by atoms with van der Waals surface area (Å²) in [6.45, 7) is 1.71. The van der Waals surface area contributed by atoms with Gasteiger partial charge >= 0.3 is 12.1 Å². The van der Waals surface area contributed by atoms with Crippen molar-refractivity contribution in [2.24, 2.45) is 0 Å². The van der Waals surface area contributed by atoms with E-state index in [1.54, 1.807) is 5.43 Å². The van der Waals surface area contributed by atoms with E-state index in [0.717, 1.165) is 29.7 Å². The number of anilines is 1. The van der Waals surface area contributed by atoms with Gasteiger partial charge in [-0.25, -0.2) is 25.4 Å². The Labute approximate surface area is 153 Å². The van der Waals surface area contributed by atoms with Gasteiger partial charge in [0.05, 0.1) is 5.69 Å². The molecule has 1 heterocycles. The number of nitrogens with one attached hydrogen (secondary N) is 4. The van der Waals surface area contributed by atoms with Crippen LogP contribution in [0.15, 0.2) is 29.6 Å². The highest BCUT2D eigenvalue weighted by atomic mass is 32.1. The molecule has 9 nitrogen and oxygen atoms in total. The van der Waals surface area contributed by atoms with Gasteiger partial charge in [-0.15, -0.1) is 11.3 Å². The van der Waals surface area contributed by atoms with Crippen LogP contribution >= 0.6 is 11.3 Å². The Morgan fingerprint density at radius 3 is 2.65 bits per heavy atom. The fraction of sp³-hybridized carbons (Fsp3) is 0.250. The third-order valence-electron chi connectivity index (χ3n) is 3.23. The molecule has 26 heavy (non-hydrogen) atoms. The first-order chi connectivity index (χ1) is 12.4. The molecule has 138 valence electrons. The summed E-state index contributed by atoms with van der Waals surface area (Å²) in [5.41, 5.74) is 6.64. The van der Waals surface area contributed by atoms with E-state index in [2.05, 4.69) is 15.6 Å². The standard InChI is InChI=1S/C16H19N5O4S/c1-10(22)18-15-19-13(9-26-15)6-5-11-3-2-4-12(7-11)8-17-14(23)20-21-16(24)25/h2-4,7,9,21H,5-6,8H2,1H3,(H,24,25)(H2,17,20,23)(H,18,19,22). The average molecular weight is 377 g/mol. The number of hydrazine groups is 1. The molecular weight excluding hydrogens is 358 g/mol. The summed E-state index contributed by atoms with van der Waals surface area (Å²) in [7, 11) is 0. The van der Waals surface area contributed by atoms with Gasteiger partial charge in [-0.3, -0.25) is 4.79 Å². The van der Waals surface area contributed by atoms with Crippen LogP contribution in [-0.2, 0) is 24.2 Å². The largest absolute Gasteiger partial charge is 0.464 e. The zero-order valence-corrected chi connectivity index (χ0v) is 14.9. The highest BCUT2D eigenvalue weighted by Crippen LogP contribution is 2.17. The maximum atomic E-state index is 11.4. The lowest BCUT2D eigenvalue weighted by atomic mass is 10.1. The Balaban J connectivity index is 1.82. The highest BCUT2D eigenvalue weighted by Gasteiger charge is 2.05. The predicted molar refractivity (Wildman–Crippen MR) is 96.8 cm³/mol. The van der Waals surface area contributed by atoms with E-state index < -0.39 is 12.1 Å². The molecule has 0 aliphatic rings. The SMILES string of the molecule is CC(=O)Nc1nc(CCc2cccc(CNC(=O)NNC(=O)O)c2)cs1. The number of hydrogen-bond acceptors (Lipinski definition) is 5. The van der Waals surface area contributed by atoms with Gasteiger partial charge in [0.2, 0.25) is 5.91 Å². The molecule has 0 radical (unpaired) electrons. The van der Waals surface area contributed by atoms with E-state index in [4.69, 9.17) is 5.11 Å². The van der Waals surface area contributed by atoms with Crippen LogP contribution in [0.4, 0.5) is 14.7 Å². The maximum absolute atomic E-state index is 11.4. The van der Waals surface area contributed by atoms with E-state index >= 15 is 0 Å². The second kappa shape index (κ2) is 9.37. The summed E-state index contributed by atoms with van der Waals surface area (Å²) >= 11 is 1.39. The molecule has 1 aromatic heterocycles. The number of thiazole rings is 1. The molecule has 1 aromatic carbocycles.